The summed E-state index contributed by atoms with van der Waals surface area (Å²) in [6.07, 6.45) is -35.9. The molecule has 0 radical (unpaired) electrons. The van der Waals surface area contributed by atoms with E-state index in [0.29, 0.717) is 26.2 Å². The molecule has 0 aromatic carbocycles. The molecule has 4 aliphatic carbocycles. The van der Waals surface area contributed by atoms with Crippen LogP contribution in [0.1, 0.15) is 126 Å². The van der Waals surface area contributed by atoms with Crippen LogP contribution >= 0.6 is 0 Å². The van der Waals surface area contributed by atoms with Gasteiger partial charge in [0, 0.05) is 5.92 Å². The highest BCUT2D eigenvalue weighted by Gasteiger charge is 2.73. The lowest BCUT2D eigenvalue weighted by Gasteiger charge is -2.48. The average Bonchev–Trinajstić information content (AvgIpc) is 3.85. The third-order valence-electron chi connectivity index (χ3n) is 15.2. The van der Waals surface area contributed by atoms with Crippen molar-refractivity contribution in [3.05, 3.63) is 0 Å². The number of halogens is 18. The van der Waals surface area contributed by atoms with Gasteiger partial charge in [0.15, 0.2) is 5.41 Å². The van der Waals surface area contributed by atoms with Gasteiger partial charge < -0.3 is 14.9 Å². The largest absolute Gasteiger partial charge is 0.459 e. The van der Waals surface area contributed by atoms with Crippen molar-refractivity contribution < 1.29 is 98.8 Å². The van der Waals surface area contributed by atoms with Crippen LogP contribution in [0.25, 0.3) is 0 Å². The second-order valence-corrected chi connectivity index (χ2v) is 19.1. The molecule has 10 atom stereocenters. The molecule has 2 N–H and O–H groups in total. The lowest BCUT2D eigenvalue weighted by molar-refractivity contribution is -0.374. The fourth-order valence-electron chi connectivity index (χ4n) is 11.0. The van der Waals surface area contributed by atoms with E-state index in [1.165, 1.54) is 20.8 Å². The first-order valence-corrected chi connectivity index (χ1v) is 20.0. The minimum absolute atomic E-state index is 0.0227. The summed E-state index contributed by atoms with van der Waals surface area (Å²) >= 11 is 0. The lowest BCUT2D eigenvalue weighted by Crippen LogP contribution is -2.58. The number of alkyl halides is 18. The zero-order valence-electron chi connectivity index (χ0n) is 34.5. The predicted octanol–water partition coefficient (Wildman–Crippen LogP) is 13.2. The Morgan fingerprint density at radius 1 is 0.574 bits per heavy atom. The van der Waals surface area contributed by atoms with Crippen LogP contribution in [0.3, 0.4) is 0 Å². The van der Waals surface area contributed by atoms with E-state index in [1.807, 2.05) is 0 Å². The Kier molecular flexibility index (Phi) is 14.5. The molecule has 61 heavy (non-hydrogen) atoms. The fraction of sp³-hybridized carbons (Fsp3) is 0.974. The van der Waals surface area contributed by atoms with Crippen LogP contribution in [-0.4, -0.2) is 70.0 Å². The molecule has 0 saturated heterocycles. The van der Waals surface area contributed by atoms with Crippen molar-refractivity contribution in [1.29, 1.82) is 0 Å². The highest BCUT2D eigenvalue weighted by Crippen LogP contribution is 2.67. The van der Waals surface area contributed by atoms with Crippen molar-refractivity contribution in [2.75, 3.05) is 0 Å². The van der Waals surface area contributed by atoms with Gasteiger partial charge >= 0.3 is 43.0 Å². The first-order chi connectivity index (χ1) is 27.0. The number of esters is 1. The molecule has 0 spiro atoms. The van der Waals surface area contributed by atoms with Crippen LogP contribution in [0.15, 0.2) is 0 Å². The number of carbonyl (C=O) groups excluding carboxylic acids is 1. The molecule has 0 aromatic rings. The molecule has 4 fully saturated rings. The van der Waals surface area contributed by atoms with Crippen molar-refractivity contribution >= 4 is 5.97 Å². The summed E-state index contributed by atoms with van der Waals surface area (Å²) < 4.78 is 244. The summed E-state index contributed by atoms with van der Waals surface area (Å²) in [6.45, 7) is 8.57. The second kappa shape index (κ2) is 16.5. The summed E-state index contributed by atoms with van der Waals surface area (Å²) in [4.78, 5) is 12.4. The monoisotopic (exact) mass is 928 g/mol. The quantitative estimate of drug-likeness (QED) is 0.151. The van der Waals surface area contributed by atoms with Crippen LogP contribution < -0.4 is 0 Å². The summed E-state index contributed by atoms with van der Waals surface area (Å²) in [6, 6.07) is 0. The molecule has 22 heteroatoms. The number of hydrogen-bond donors (Lipinski definition) is 2. The summed E-state index contributed by atoms with van der Waals surface area (Å²) in [5, 5.41) is 19.2. The van der Waals surface area contributed by atoms with E-state index in [1.54, 1.807) is 6.92 Å². The van der Waals surface area contributed by atoms with E-state index in [4.69, 9.17) is 4.74 Å². The number of carbonyl (C=O) groups is 1. The van der Waals surface area contributed by atoms with Gasteiger partial charge in [0.1, 0.15) is 5.60 Å². The van der Waals surface area contributed by atoms with Crippen molar-refractivity contribution in [3.8, 4) is 0 Å². The fourth-order valence-corrected chi connectivity index (χ4v) is 11.0. The normalized spacial score (nSPS) is 31.1. The summed E-state index contributed by atoms with van der Waals surface area (Å²) in [5.41, 5.74) is -17.1. The van der Waals surface area contributed by atoms with Crippen LogP contribution in [0, 0.1) is 57.7 Å². The highest BCUT2D eigenvalue weighted by atomic mass is 19.4. The molecule has 0 aromatic heterocycles. The number of aliphatic hydroxyl groups is 2. The maximum Gasteiger partial charge on any atom is 0.426 e. The van der Waals surface area contributed by atoms with E-state index < -0.39 is 125 Å². The Hall–Kier alpha value is -1.87. The maximum absolute atomic E-state index is 13.6. The van der Waals surface area contributed by atoms with Crippen LogP contribution in [0.4, 0.5) is 79.0 Å². The minimum atomic E-state index is -5.94. The molecule has 0 amide bonds. The van der Waals surface area contributed by atoms with Gasteiger partial charge in [0.05, 0.1) is 5.41 Å². The standard InChI is InChI=1S/C20H27F9O3.C19H27F9O/c1-5-16(4,18(21,22)23)14(30)32-15(2,3)13-8-10-6-11(12(13)7-10)9-17(31,19(24,25)26)20(27,28)29;1-4-14(3,17(20,21)22)10-15(5-2)8-11-6-12(13(15)7-11)9-16(29,18(23,24)25)19(26,27)28/h10-13,31H,5-9H2,1-4H3;11-13,29H,4-10H2,1-3H3. The van der Waals surface area contributed by atoms with E-state index in [2.05, 4.69) is 0 Å². The topological polar surface area (TPSA) is 66.8 Å². The van der Waals surface area contributed by atoms with E-state index in [0.717, 1.165) is 13.8 Å². The van der Waals surface area contributed by atoms with E-state index in [9.17, 15) is 94.0 Å². The van der Waals surface area contributed by atoms with Crippen molar-refractivity contribution in [2.45, 2.75) is 179 Å². The Morgan fingerprint density at radius 2 is 1.02 bits per heavy atom. The molecule has 4 saturated carbocycles. The van der Waals surface area contributed by atoms with Gasteiger partial charge in [-0.25, -0.2) is 0 Å². The van der Waals surface area contributed by atoms with Gasteiger partial charge in [0.2, 0.25) is 0 Å². The van der Waals surface area contributed by atoms with Crippen molar-refractivity contribution in [2.24, 2.45) is 57.7 Å². The number of hydrogen-bond acceptors (Lipinski definition) is 4. The van der Waals surface area contributed by atoms with Gasteiger partial charge in [-0.05, 0) is 132 Å². The lowest BCUT2D eigenvalue weighted by atomic mass is 9.58. The van der Waals surface area contributed by atoms with E-state index in [-0.39, 0.29) is 50.4 Å². The number of fused-ring (bicyclic) bond motifs is 4. The third-order valence-corrected chi connectivity index (χ3v) is 15.2. The highest BCUT2D eigenvalue weighted by molar-refractivity contribution is 5.77. The third kappa shape index (κ3) is 9.74. The molecule has 4 nitrogen and oxygen atoms in total. The molecular weight excluding hydrogens is 874 g/mol. The molecule has 0 aliphatic heterocycles. The Labute approximate surface area is 341 Å². The number of ether oxygens (including phenoxy) is 1. The van der Waals surface area contributed by atoms with Crippen LogP contribution in [-0.2, 0) is 9.53 Å². The van der Waals surface area contributed by atoms with Crippen molar-refractivity contribution in [3.63, 3.8) is 0 Å². The zero-order chi connectivity index (χ0) is 47.8. The predicted molar refractivity (Wildman–Crippen MR) is 182 cm³/mol. The maximum atomic E-state index is 13.6. The zero-order valence-corrected chi connectivity index (χ0v) is 34.5. The van der Waals surface area contributed by atoms with E-state index >= 15 is 0 Å². The molecule has 4 rings (SSSR count). The molecular formula is C39H54F18O4. The summed E-state index contributed by atoms with van der Waals surface area (Å²) in [5.74, 6) is -6.54. The van der Waals surface area contributed by atoms with Gasteiger partial charge in [0.25, 0.3) is 11.2 Å². The molecule has 360 valence electrons. The Bertz CT molecular complexity index is 1500. The van der Waals surface area contributed by atoms with Gasteiger partial charge in [-0.1, -0.05) is 34.1 Å². The van der Waals surface area contributed by atoms with Gasteiger partial charge in [-0.15, -0.1) is 0 Å². The summed E-state index contributed by atoms with van der Waals surface area (Å²) in [7, 11) is 0. The minimum Gasteiger partial charge on any atom is -0.459 e. The number of rotatable bonds is 12. The van der Waals surface area contributed by atoms with Crippen molar-refractivity contribution in [1.82, 2.24) is 0 Å². The first kappa shape index (κ1) is 53.5. The SMILES string of the molecule is CCC(C)(C(=O)OC(C)(C)C1CC2CC(CC(O)(C(F)(F)F)C(F)(F)F)C1C2)C(F)(F)F.CCC1(CC(C)(CC)C(F)(F)F)CC2CC(CC(O)(C(F)(F)F)C(F)(F)F)C1C2. The molecule has 4 bridgehead atoms. The van der Waals surface area contributed by atoms with Gasteiger partial charge in [-0.3, -0.25) is 4.79 Å². The average molecular weight is 929 g/mol. The Morgan fingerprint density at radius 3 is 1.36 bits per heavy atom. The molecule has 0 heterocycles. The second-order valence-electron chi connectivity index (χ2n) is 19.1. The molecule has 10 unspecified atom stereocenters. The van der Waals surface area contributed by atoms with Gasteiger partial charge in [-0.2, -0.15) is 79.0 Å². The van der Waals surface area contributed by atoms with Crippen LogP contribution in [0.2, 0.25) is 0 Å². The first-order valence-electron chi connectivity index (χ1n) is 20.0. The Balaban J connectivity index is 0.000000327. The smallest absolute Gasteiger partial charge is 0.426 e. The molecule has 4 aliphatic rings. The van der Waals surface area contributed by atoms with Crippen LogP contribution in [0.5, 0.6) is 0 Å².